The molecule has 30 heavy (non-hydrogen) atoms. The van der Waals surface area contributed by atoms with Gasteiger partial charge in [-0.15, -0.1) is 0 Å². The Morgan fingerprint density at radius 2 is 1.67 bits per heavy atom. The van der Waals surface area contributed by atoms with Crippen LogP contribution in [0.4, 0.5) is 5.69 Å². The second-order valence-corrected chi connectivity index (χ2v) is 10.3. The van der Waals surface area contributed by atoms with E-state index in [1.165, 1.54) is 44.5 Å². The number of sulfonamides is 1. The van der Waals surface area contributed by atoms with Crippen LogP contribution < -0.4 is 15.4 Å². The molecule has 1 heterocycles. The van der Waals surface area contributed by atoms with Crippen LogP contribution in [-0.4, -0.2) is 56.9 Å². The fraction of sp³-hybridized carbons (Fsp3) is 0.619. The Kier molecular flexibility index (Phi) is 8.40. The van der Waals surface area contributed by atoms with E-state index in [1.54, 1.807) is 0 Å². The molecule has 0 bridgehead atoms. The van der Waals surface area contributed by atoms with Crippen LogP contribution in [-0.2, 0) is 19.6 Å². The van der Waals surface area contributed by atoms with Gasteiger partial charge in [-0.3, -0.25) is 9.59 Å². The van der Waals surface area contributed by atoms with Crippen molar-refractivity contribution in [2.75, 3.05) is 25.0 Å². The summed E-state index contributed by atoms with van der Waals surface area (Å²) in [6.07, 6.45) is 1.22. The highest BCUT2D eigenvalue weighted by atomic mass is 32.2. The number of benzene rings is 1. The average Bonchev–Trinajstić information content (AvgIpc) is 2.60. The molecular formula is C21H34N4O4S. The zero-order valence-electron chi connectivity index (χ0n) is 18.4. The van der Waals surface area contributed by atoms with Gasteiger partial charge in [0.05, 0.1) is 10.9 Å². The van der Waals surface area contributed by atoms with Gasteiger partial charge in [0, 0.05) is 38.3 Å². The predicted molar refractivity (Wildman–Crippen MR) is 118 cm³/mol. The van der Waals surface area contributed by atoms with Crippen molar-refractivity contribution < 1.29 is 18.0 Å². The van der Waals surface area contributed by atoms with Crippen LogP contribution in [0.15, 0.2) is 29.2 Å². The first-order chi connectivity index (χ1) is 14.0. The molecule has 8 nitrogen and oxygen atoms in total. The van der Waals surface area contributed by atoms with E-state index in [1.807, 2.05) is 6.92 Å². The van der Waals surface area contributed by atoms with Crippen LogP contribution in [0.2, 0.25) is 0 Å². The molecule has 4 atom stereocenters. The number of anilines is 1. The number of amides is 2. The SMILES string of the molecule is CC(=O)Nc1ccc(S(=O)(=O)N[C@@H](C)C(=O)NC(C)CN2CC(C)CC(C)C2)cc1. The van der Waals surface area contributed by atoms with E-state index in [4.69, 9.17) is 0 Å². The summed E-state index contributed by atoms with van der Waals surface area (Å²) in [7, 11) is -3.86. The summed E-state index contributed by atoms with van der Waals surface area (Å²) in [6.45, 7) is 12.1. The Hall–Kier alpha value is -1.97. The minimum Gasteiger partial charge on any atom is -0.351 e. The molecule has 0 saturated carbocycles. The summed E-state index contributed by atoms with van der Waals surface area (Å²) in [5, 5.41) is 5.49. The third-order valence-corrected chi connectivity index (χ3v) is 6.63. The zero-order valence-corrected chi connectivity index (χ0v) is 19.3. The van der Waals surface area contributed by atoms with Gasteiger partial charge >= 0.3 is 0 Å². The molecule has 3 N–H and O–H groups in total. The first-order valence-electron chi connectivity index (χ1n) is 10.4. The molecule has 1 aromatic rings. The molecular weight excluding hydrogens is 404 g/mol. The minimum atomic E-state index is -3.86. The van der Waals surface area contributed by atoms with E-state index in [0.29, 0.717) is 17.5 Å². The van der Waals surface area contributed by atoms with Crippen LogP contribution in [0.5, 0.6) is 0 Å². The number of carbonyl (C=O) groups is 2. The predicted octanol–water partition coefficient (Wildman–Crippen LogP) is 1.79. The largest absolute Gasteiger partial charge is 0.351 e. The van der Waals surface area contributed by atoms with Crippen LogP contribution in [0, 0.1) is 11.8 Å². The summed E-state index contributed by atoms with van der Waals surface area (Å²) in [6, 6.07) is 4.79. The van der Waals surface area contributed by atoms with Crippen LogP contribution in [0.25, 0.3) is 0 Å². The lowest BCUT2D eigenvalue weighted by atomic mass is 9.92. The smallest absolute Gasteiger partial charge is 0.241 e. The molecule has 1 aliphatic rings. The van der Waals surface area contributed by atoms with Crippen molar-refractivity contribution in [2.45, 2.75) is 58.0 Å². The standard InChI is InChI=1S/C21H34N4O4S/c1-14-10-15(2)12-25(11-14)13-16(3)22-21(27)17(4)24-30(28,29)20-8-6-19(7-9-20)23-18(5)26/h6-9,14-17,24H,10-13H2,1-5H3,(H,22,27)(H,23,26)/t14?,15?,16?,17-/m0/s1. The van der Waals surface area contributed by atoms with Gasteiger partial charge in [0.15, 0.2) is 0 Å². The summed E-state index contributed by atoms with van der Waals surface area (Å²) >= 11 is 0. The molecule has 2 amide bonds. The third-order valence-electron chi connectivity index (χ3n) is 5.08. The minimum absolute atomic E-state index is 0.0283. The maximum Gasteiger partial charge on any atom is 0.241 e. The number of nitrogens with one attached hydrogen (secondary N) is 3. The van der Waals surface area contributed by atoms with E-state index in [-0.39, 0.29) is 22.8 Å². The van der Waals surface area contributed by atoms with Crippen LogP contribution in [0.3, 0.4) is 0 Å². The molecule has 0 radical (unpaired) electrons. The second-order valence-electron chi connectivity index (χ2n) is 8.62. The van der Waals surface area contributed by atoms with E-state index in [2.05, 4.69) is 34.1 Å². The molecule has 168 valence electrons. The molecule has 1 fully saturated rings. The maximum atomic E-state index is 12.6. The Labute approximate surface area is 179 Å². The van der Waals surface area contributed by atoms with E-state index < -0.39 is 16.1 Å². The molecule has 2 rings (SSSR count). The average molecular weight is 439 g/mol. The second kappa shape index (κ2) is 10.4. The van der Waals surface area contributed by atoms with Crippen molar-refractivity contribution in [1.82, 2.24) is 14.9 Å². The van der Waals surface area contributed by atoms with E-state index in [9.17, 15) is 18.0 Å². The van der Waals surface area contributed by atoms with Gasteiger partial charge in [0.1, 0.15) is 0 Å². The summed E-state index contributed by atoms with van der Waals surface area (Å²) < 4.78 is 27.6. The van der Waals surface area contributed by atoms with Gasteiger partial charge in [-0.05, 0) is 56.4 Å². The lowest BCUT2D eigenvalue weighted by Gasteiger charge is -2.36. The molecule has 0 spiro atoms. The molecule has 1 aliphatic heterocycles. The highest BCUT2D eigenvalue weighted by Gasteiger charge is 2.26. The fourth-order valence-corrected chi connectivity index (χ4v) is 5.22. The van der Waals surface area contributed by atoms with Gasteiger partial charge in [-0.25, -0.2) is 8.42 Å². The number of rotatable bonds is 8. The van der Waals surface area contributed by atoms with Crippen LogP contribution >= 0.6 is 0 Å². The number of likely N-dealkylation sites (tertiary alicyclic amines) is 1. The Morgan fingerprint density at radius 3 is 2.20 bits per heavy atom. The first-order valence-corrected chi connectivity index (χ1v) is 11.9. The zero-order chi connectivity index (χ0) is 22.5. The lowest BCUT2D eigenvalue weighted by molar-refractivity contribution is -0.123. The van der Waals surface area contributed by atoms with E-state index >= 15 is 0 Å². The van der Waals surface area contributed by atoms with Crippen molar-refractivity contribution in [3.63, 3.8) is 0 Å². The highest BCUT2D eigenvalue weighted by molar-refractivity contribution is 7.89. The number of piperidine rings is 1. The van der Waals surface area contributed by atoms with E-state index in [0.717, 1.165) is 19.6 Å². The van der Waals surface area contributed by atoms with Crippen molar-refractivity contribution in [2.24, 2.45) is 11.8 Å². The number of hydrogen-bond acceptors (Lipinski definition) is 5. The normalized spacial score (nSPS) is 22.2. The number of carbonyl (C=O) groups excluding carboxylic acids is 2. The summed E-state index contributed by atoms with van der Waals surface area (Å²) in [5.74, 6) is 0.675. The van der Waals surface area contributed by atoms with Gasteiger partial charge < -0.3 is 15.5 Å². The van der Waals surface area contributed by atoms with Crippen molar-refractivity contribution in [3.8, 4) is 0 Å². The Morgan fingerprint density at radius 1 is 1.10 bits per heavy atom. The van der Waals surface area contributed by atoms with Gasteiger partial charge in [-0.1, -0.05) is 13.8 Å². The molecule has 9 heteroatoms. The molecule has 0 aliphatic carbocycles. The van der Waals surface area contributed by atoms with Crippen LogP contribution in [0.1, 0.15) is 41.0 Å². The summed E-state index contributed by atoms with van der Waals surface area (Å²) in [4.78, 5) is 26.0. The molecule has 1 aromatic carbocycles. The lowest BCUT2D eigenvalue weighted by Crippen LogP contribution is -2.51. The number of nitrogens with zero attached hydrogens (tertiary/aromatic N) is 1. The van der Waals surface area contributed by atoms with Gasteiger partial charge in [-0.2, -0.15) is 4.72 Å². The van der Waals surface area contributed by atoms with Crippen molar-refractivity contribution in [3.05, 3.63) is 24.3 Å². The molecule has 0 aromatic heterocycles. The van der Waals surface area contributed by atoms with Crippen molar-refractivity contribution in [1.29, 1.82) is 0 Å². The van der Waals surface area contributed by atoms with Gasteiger partial charge in [0.2, 0.25) is 21.8 Å². The Bertz CT molecular complexity index is 831. The monoisotopic (exact) mass is 438 g/mol. The Balaban J connectivity index is 1.89. The molecule has 3 unspecified atom stereocenters. The third kappa shape index (κ3) is 7.37. The summed E-state index contributed by atoms with van der Waals surface area (Å²) in [5.41, 5.74) is 0.502. The maximum absolute atomic E-state index is 12.6. The highest BCUT2D eigenvalue weighted by Crippen LogP contribution is 2.21. The molecule has 1 saturated heterocycles. The van der Waals surface area contributed by atoms with Gasteiger partial charge in [0.25, 0.3) is 0 Å². The quantitative estimate of drug-likeness (QED) is 0.574. The number of hydrogen-bond donors (Lipinski definition) is 3. The fourth-order valence-electron chi connectivity index (χ4n) is 4.02. The first kappa shape index (κ1) is 24.3. The topological polar surface area (TPSA) is 108 Å². The van der Waals surface area contributed by atoms with Crippen molar-refractivity contribution >= 4 is 27.5 Å².